The molecule has 1 saturated carbocycles. The zero-order chi connectivity index (χ0) is 14.8. The van der Waals surface area contributed by atoms with E-state index >= 15 is 0 Å². The van der Waals surface area contributed by atoms with Crippen molar-refractivity contribution in [2.24, 2.45) is 11.8 Å². The maximum absolute atomic E-state index is 6.36. The minimum absolute atomic E-state index is 0.430. The van der Waals surface area contributed by atoms with Gasteiger partial charge in [0.15, 0.2) is 0 Å². The van der Waals surface area contributed by atoms with E-state index in [0.717, 1.165) is 16.9 Å². The lowest BCUT2D eigenvalue weighted by molar-refractivity contribution is 0.239. The summed E-state index contributed by atoms with van der Waals surface area (Å²) in [5, 5.41) is 6.88. The Morgan fingerprint density at radius 1 is 1.00 bits per heavy atom. The van der Waals surface area contributed by atoms with Gasteiger partial charge in [-0.15, -0.1) is 0 Å². The summed E-state index contributed by atoms with van der Waals surface area (Å²) in [5.41, 5.74) is 1.40. The van der Waals surface area contributed by atoms with Gasteiger partial charge >= 0.3 is 0 Å². The summed E-state index contributed by atoms with van der Waals surface area (Å²) in [4.78, 5) is 0. The monoisotopic (exact) mass is 301 g/mol. The summed E-state index contributed by atoms with van der Waals surface area (Å²) in [6.45, 7) is 2.38. The standard InChI is InChI=1S/C19H24ClN/c1-13-7-9-14(10-8-13)19(21-2)17-11-12-18(20)16-6-4-3-5-15(16)17/h3-6,11-14,19,21H,7-10H2,1-2H3. The fourth-order valence-corrected chi connectivity index (χ4v) is 4.05. The molecule has 0 saturated heterocycles. The molecule has 0 aromatic heterocycles. The fraction of sp³-hybridized carbons (Fsp3) is 0.474. The predicted octanol–water partition coefficient (Wildman–Crippen LogP) is 5.58. The van der Waals surface area contributed by atoms with Gasteiger partial charge in [-0.3, -0.25) is 0 Å². The van der Waals surface area contributed by atoms with Crippen LogP contribution in [-0.2, 0) is 0 Å². The third kappa shape index (κ3) is 2.95. The van der Waals surface area contributed by atoms with E-state index in [0.29, 0.717) is 6.04 Å². The molecule has 0 radical (unpaired) electrons. The van der Waals surface area contributed by atoms with Crippen LogP contribution in [0.5, 0.6) is 0 Å². The SMILES string of the molecule is CNC(c1ccc(Cl)c2ccccc12)C1CCC(C)CC1. The molecule has 0 bridgehead atoms. The van der Waals surface area contributed by atoms with E-state index < -0.39 is 0 Å². The average molecular weight is 302 g/mol. The molecule has 1 fully saturated rings. The van der Waals surface area contributed by atoms with Gasteiger partial charge in [-0.2, -0.15) is 0 Å². The molecule has 1 N–H and O–H groups in total. The van der Waals surface area contributed by atoms with Crippen molar-refractivity contribution in [1.29, 1.82) is 0 Å². The first-order valence-corrected chi connectivity index (χ1v) is 8.43. The van der Waals surface area contributed by atoms with E-state index in [2.05, 4.69) is 55.7 Å². The highest BCUT2D eigenvalue weighted by molar-refractivity contribution is 6.35. The number of nitrogens with one attached hydrogen (secondary N) is 1. The zero-order valence-electron chi connectivity index (χ0n) is 12.9. The van der Waals surface area contributed by atoms with Crippen LogP contribution in [0.2, 0.25) is 5.02 Å². The van der Waals surface area contributed by atoms with Gasteiger partial charge in [0, 0.05) is 16.5 Å². The number of fused-ring (bicyclic) bond motifs is 1. The molecule has 0 amide bonds. The van der Waals surface area contributed by atoms with Crippen LogP contribution in [0.3, 0.4) is 0 Å². The summed E-state index contributed by atoms with van der Waals surface area (Å²) < 4.78 is 0. The largest absolute Gasteiger partial charge is 0.313 e. The first-order valence-electron chi connectivity index (χ1n) is 8.05. The molecule has 1 nitrogen and oxygen atoms in total. The molecule has 1 aliphatic rings. The van der Waals surface area contributed by atoms with Crippen molar-refractivity contribution in [3.8, 4) is 0 Å². The van der Waals surface area contributed by atoms with Crippen molar-refractivity contribution >= 4 is 22.4 Å². The van der Waals surface area contributed by atoms with E-state index in [1.54, 1.807) is 0 Å². The molecule has 2 heteroatoms. The van der Waals surface area contributed by atoms with Crippen LogP contribution in [-0.4, -0.2) is 7.05 Å². The highest BCUT2D eigenvalue weighted by atomic mass is 35.5. The maximum atomic E-state index is 6.36. The van der Waals surface area contributed by atoms with Gasteiger partial charge in [-0.1, -0.05) is 61.7 Å². The molecule has 21 heavy (non-hydrogen) atoms. The number of benzene rings is 2. The Kier molecular flexibility index (Phi) is 4.51. The number of halogens is 1. The fourth-order valence-electron chi connectivity index (χ4n) is 3.82. The van der Waals surface area contributed by atoms with Gasteiger partial charge in [0.25, 0.3) is 0 Å². The van der Waals surface area contributed by atoms with Crippen molar-refractivity contribution in [1.82, 2.24) is 5.32 Å². The third-order valence-corrected chi connectivity index (χ3v) is 5.41. The Morgan fingerprint density at radius 2 is 1.67 bits per heavy atom. The second-order valence-electron chi connectivity index (χ2n) is 6.47. The van der Waals surface area contributed by atoms with Crippen LogP contribution in [0.15, 0.2) is 36.4 Å². The second-order valence-corrected chi connectivity index (χ2v) is 6.88. The lowest BCUT2D eigenvalue weighted by Gasteiger charge is -2.33. The van der Waals surface area contributed by atoms with E-state index in [4.69, 9.17) is 11.6 Å². The van der Waals surface area contributed by atoms with Crippen LogP contribution in [0.1, 0.15) is 44.2 Å². The number of hydrogen-bond acceptors (Lipinski definition) is 1. The van der Waals surface area contributed by atoms with Crippen LogP contribution in [0.25, 0.3) is 10.8 Å². The quantitative estimate of drug-likeness (QED) is 0.780. The van der Waals surface area contributed by atoms with Gasteiger partial charge < -0.3 is 5.32 Å². The van der Waals surface area contributed by atoms with Gasteiger partial charge in [0.1, 0.15) is 0 Å². The van der Waals surface area contributed by atoms with Crippen molar-refractivity contribution < 1.29 is 0 Å². The first kappa shape index (κ1) is 14.9. The Morgan fingerprint density at radius 3 is 2.33 bits per heavy atom. The smallest absolute Gasteiger partial charge is 0.0484 e. The lowest BCUT2D eigenvalue weighted by atomic mass is 9.76. The minimum atomic E-state index is 0.430. The van der Waals surface area contributed by atoms with Crippen LogP contribution >= 0.6 is 11.6 Å². The molecule has 112 valence electrons. The molecule has 3 rings (SSSR count). The van der Waals surface area contributed by atoms with Crippen molar-refractivity contribution in [2.45, 2.75) is 38.6 Å². The summed E-state index contributed by atoms with van der Waals surface area (Å²) in [5.74, 6) is 1.62. The van der Waals surface area contributed by atoms with Crippen molar-refractivity contribution in [2.75, 3.05) is 7.05 Å². The minimum Gasteiger partial charge on any atom is -0.313 e. The molecule has 1 atom stereocenters. The highest BCUT2D eigenvalue weighted by Gasteiger charge is 2.27. The molecule has 0 heterocycles. The zero-order valence-corrected chi connectivity index (χ0v) is 13.7. The normalized spacial score (nSPS) is 24.1. The van der Waals surface area contributed by atoms with Gasteiger partial charge in [0.05, 0.1) is 0 Å². The maximum Gasteiger partial charge on any atom is 0.0484 e. The average Bonchev–Trinajstić information content (AvgIpc) is 2.52. The van der Waals surface area contributed by atoms with Crippen LogP contribution < -0.4 is 5.32 Å². The molecular formula is C19H24ClN. The highest BCUT2D eigenvalue weighted by Crippen LogP contribution is 2.39. The van der Waals surface area contributed by atoms with E-state index in [-0.39, 0.29) is 0 Å². The molecule has 0 aliphatic heterocycles. The lowest BCUT2D eigenvalue weighted by Crippen LogP contribution is -2.28. The predicted molar refractivity (Wildman–Crippen MR) is 91.9 cm³/mol. The Hall–Kier alpha value is -1.05. The molecule has 1 aliphatic carbocycles. The summed E-state index contributed by atoms with van der Waals surface area (Å²) in [6, 6.07) is 13.2. The van der Waals surface area contributed by atoms with Crippen LogP contribution in [0, 0.1) is 11.8 Å². The summed E-state index contributed by atoms with van der Waals surface area (Å²) in [7, 11) is 2.09. The Balaban J connectivity index is 1.99. The number of rotatable bonds is 3. The molecule has 0 spiro atoms. The third-order valence-electron chi connectivity index (χ3n) is 5.08. The van der Waals surface area contributed by atoms with E-state index in [9.17, 15) is 0 Å². The van der Waals surface area contributed by atoms with Gasteiger partial charge in [-0.05, 0) is 48.7 Å². The second kappa shape index (κ2) is 6.37. The molecule has 1 unspecified atom stereocenters. The van der Waals surface area contributed by atoms with Gasteiger partial charge in [-0.25, -0.2) is 0 Å². The first-order chi connectivity index (χ1) is 10.2. The van der Waals surface area contributed by atoms with Crippen LogP contribution in [0.4, 0.5) is 0 Å². The van der Waals surface area contributed by atoms with Gasteiger partial charge in [0.2, 0.25) is 0 Å². The Bertz CT molecular complexity index is 614. The molecule has 2 aromatic rings. The molecule has 2 aromatic carbocycles. The van der Waals surface area contributed by atoms with Crippen molar-refractivity contribution in [3.63, 3.8) is 0 Å². The van der Waals surface area contributed by atoms with E-state index in [1.165, 1.54) is 42.0 Å². The van der Waals surface area contributed by atoms with Crippen molar-refractivity contribution in [3.05, 3.63) is 47.0 Å². The number of hydrogen-bond donors (Lipinski definition) is 1. The summed E-state index contributed by atoms with van der Waals surface area (Å²) in [6.07, 6.45) is 5.36. The van der Waals surface area contributed by atoms with E-state index in [1.807, 2.05) is 0 Å². The summed E-state index contributed by atoms with van der Waals surface area (Å²) >= 11 is 6.36. The Labute approximate surface area is 132 Å². The molecular weight excluding hydrogens is 278 g/mol. The topological polar surface area (TPSA) is 12.0 Å².